The van der Waals surface area contributed by atoms with Gasteiger partial charge in [0.25, 0.3) is 0 Å². The number of likely N-dealkylation sites (tertiary alicyclic amines) is 1. The largest absolute Gasteiger partial charge is 0.341 e. The second-order valence-corrected chi connectivity index (χ2v) is 4.81. The molecule has 1 aliphatic rings. The zero-order valence-corrected chi connectivity index (χ0v) is 10.6. The number of rotatable bonds is 5. The van der Waals surface area contributed by atoms with Gasteiger partial charge in [-0.25, -0.2) is 0 Å². The van der Waals surface area contributed by atoms with Crippen molar-refractivity contribution in [1.82, 2.24) is 9.80 Å². The van der Waals surface area contributed by atoms with Crippen molar-refractivity contribution < 1.29 is 4.79 Å². The molecule has 0 radical (unpaired) electrons. The lowest BCUT2D eigenvalue weighted by Gasteiger charge is -2.31. The fraction of sp³-hybridized carbons (Fsp3) is 0.917. The molecule has 1 rings (SSSR count). The van der Waals surface area contributed by atoms with Crippen LogP contribution in [0.1, 0.15) is 32.6 Å². The van der Waals surface area contributed by atoms with Gasteiger partial charge in [0.05, 0.1) is 6.54 Å². The van der Waals surface area contributed by atoms with E-state index >= 15 is 0 Å². The number of carbonyl (C=O) groups is 1. The van der Waals surface area contributed by atoms with Crippen LogP contribution in [0, 0.1) is 0 Å². The van der Waals surface area contributed by atoms with Crippen molar-refractivity contribution >= 4 is 5.91 Å². The summed E-state index contributed by atoms with van der Waals surface area (Å²) in [6.45, 7) is 5.40. The molecule has 94 valence electrons. The summed E-state index contributed by atoms with van der Waals surface area (Å²) in [4.78, 5) is 16.0. The van der Waals surface area contributed by atoms with E-state index in [2.05, 4.69) is 11.8 Å². The van der Waals surface area contributed by atoms with Crippen LogP contribution in [0.15, 0.2) is 0 Å². The Morgan fingerprint density at radius 3 is 2.62 bits per heavy atom. The molecule has 0 atom stereocenters. The smallest absolute Gasteiger partial charge is 0.236 e. The minimum atomic E-state index is 0.255. The van der Waals surface area contributed by atoms with Gasteiger partial charge in [0.1, 0.15) is 0 Å². The first-order chi connectivity index (χ1) is 7.63. The normalized spacial score (nSPS) is 18.1. The van der Waals surface area contributed by atoms with E-state index in [0.29, 0.717) is 12.6 Å². The lowest BCUT2D eigenvalue weighted by Crippen LogP contribution is -2.46. The lowest BCUT2D eigenvalue weighted by atomic mass is 10.1. The van der Waals surface area contributed by atoms with Crippen molar-refractivity contribution in [2.75, 3.05) is 33.2 Å². The average molecular weight is 227 g/mol. The molecule has 1 fully saturated rings. The second-order valence-electron chi connectivity index (χ2n) is 4.81. The molecule has 0 aromatic carbocycles. The number of hydrogen-bond donors (Lipinski definition) is 1. The molecule has 0 aromatic heterocycles. The highest BCUT2D eigenvalue weighted by Crippen LogP contribution is 2.08. The number of piperidine rings is 1. The molecule has 1 heterocycles. The Balaban J connectivity index is 2.23. The van der Waals surface area contributed by atoms with Gasteiger partial charge in [-0.05, 0) is 32.9 Å². The number of hydrogen-bond acceptors (Lipinski definition) is 3. The first-order valence-electron chi connectivity index (χ1n) is 6.35. The zero-order valence-electron chi connectivity index (χ0n) is 10.6. The molecular weight excluding hydrogens is 202 g/mol. The number of carbonyl (C=O) groups excluding carboxylic acids is 1. The van der Waals surface area contributed by atoms with Gasteiger partial charge in [0.2, 0.25) is 5.91 Å². The van der Waals surface area contributed by atoms with Crippen molar-refractivity contribution in [2.24, 2.45) is 5.73 Å². The molecular formula is C12H25N3O. The number of likely N-dealkylation sites (N-methyl/N-ethyl adjacent to an activating group) is 1. The van der Waals surface area contributed by atoms with Crippen LogP contribution in [-0.2, 0) is 4.79 Å². The number of unbranched alkanes of at least 4 members (excludes halogenated alkanes) is 1. The summed E-state index contributed by atoms with van der Waals surface area (Å²) in [6, 6.07) is 0.293. The molecule has 1 aliphatic heterocycles. The van der Waals surface area contributed by atoms with Crippen molar-refractivity contribution in [2.45, 2.75) is 38.6 Å². The molecule has 0 unspecified atom stereocenters. The van der Waals surface area contributed by atoms with Crippen LogP contribution >= 0.6 is 0 Å². The molecule has 1 amide bonds. The number of amides is 1. The van der Waals surface area contributed by atoms with Crippen LogP contribution in [0.3, 0.4) is 0 Å². The second kappa shape index (κ2) is 6.86. The highest BCUT2D eigenvalue weighted by molar-refractivity contribution is 5.78. The average Bonchev–Trinajstić information content (AvgIpc) is 2.27. The molecule has 1 saturated heterocycles. The Morgan fingerprint density at radius 2 is 2.06 bits per heavy atom. The van der Waals surface area contributed by atoms with Gasteiger partial charge in [-0.3, -0.25) is 9.69 Å². The Bertz CT molecular complexity index is 212. The van der Waals surface area contributed by atoms with E-state index in [4.69, 9.17) is 5.73 Å². The summed E-state index contributed by atoms with van der Waals surface area (Å²) in [5.41, 5.74) is 5.82. The van der Waals surface area contributed by atoms with Crippen LogP contribution in [0.2, 0.25) is 0 Å². The first kappa shape index (κ1) is 13.5. The molecule has 0 spiro atoms. The van der Waals surface area contributed by atoms with E-state index in [0.717, 1.165) is 38.9 Å². The molecule has 16 heavy (non-hydrogen) atoms. The highest BCUT2D eigenvalue weighted by Gasteiger charge is 2.20. The lowest BCUT2D eigenvalue weighted by molar-refractivity contribution is -0.133. The third-order valence-corrected chi connectivity index (χ3v) is 3.19. The Hall–Kier alpha value is -0.610. The van der Waals surface area contributed by atoms with Crippen LogP contribution in [0.25, 0.3) is 0 Å². The van der Waals surface area contributed by atoms with Crippen LogP contribution in [0.4, 0.5) is 0 Å². The third-order valence-electron chi connectivity index (χ3n) is 3.19. The van der Waals surface area contributed by atoms with E-state index in [1.54, 1.807) is 0 Å². The van der Waals surface area contributed by atoms with Crippen LogP contribution in [0.5, 0.6) is 0 Å². The van der Waals surface area contributed by atoms with E-state index in [9.17, 15) is 4.79 Å². The molecule has 4 nitrogen and oxygen atoms in total. The maximum Gasteiger partial charge on any atom is 0.236 e. The van der Waals surface area contributed by atoms with Gasteiger partial charge in [-0.15, -0.1) is 0 Å². The number of nitrogens with zero attached hydrogens (tertiary/aromatic N) is 2. The monoisotopic (exact) mass is 227 g/mol. The summed E-state index contributed by atoms with van der Waals surface area (Å²) in [6.07, 6.45) is 4.24. The van der Waals surface area contributed by atoms with Crippen molar-refractivity contribution in [3.8, 4) is 0 Å². The summed E-state index contributed by atoms with van der Waals surface area (Å²) in [7, 11) is 2.02. The summed E-state index contributed by atoms with van der Waals surface area (Å²) < 4.78 is 0. The Labute approximate surface area is 98.8 Å². The molecule has 0 bridgehead atoms. The summed E-state index contributed by atoms with van der Waals surface area (Å²) >= 11 is 0. The minimum absolute atomic E-state index is 0.255. The first-order valence-corrected chi connectivity index (χ1v) is 6.35. The molecule has 0 aliphatic carbocycles. The Morgan fingerprint density at radius 1 is 1.44 bits per heavy atom. The van der Waals surface area contributed by atoms with Crippen molar-refractivity contribution in [3.05, 3.63) is 0 Å². The van der Waals surface area contributed by atoms with Crippen LogP contribution < -0.4 is 5.73 Å². The fourth-order valence-electron chi connectivity index (χ4n) is 1.99. The standard InChI is InChI=1S/C12H25N3O/c1-3-4-7-14(2)10-12(16)15-8-5-11(13)6-9-15/h11H,3-10,13H2,1-2H3. The molecule has 4 heteroatoms. The maximum atomic E-state index is 11.9. The highest BCUT2D eigenvalue weighted by atomic mass is 16.2. The van der Waals surface area contributed by atoms with Gasteiger partial charge >= 0.3 is 0 Å². The molecule has 2 N–H and O–H groups in total. The van der Waals surface area contributed by atoms with Gasteiger partial charge in [-0.2, -0.15) is 0 Å². The predicted octanol–water partition coefficient (Wildman–Crippen LogP) is 0.668. The van der Waals surface area contributed by atoms with Crippen LogP contribution in [-0.4, -0.2) is 55.0 Å². The van der Waals surface area contributed by atoms with Crippen molar-refractivity contribution in [1.29, 1.82) is 0 Å². The maximum absolute atomic E-state index is 11.9. The fourth-order valence-corrected chi connectivity index (χ4v) is 1.99. The Kier molecular flexibility index (Phi) is 5.77. The van der Waals surface area contributed by atoms with E-state index in [1.165, 1.54) is 6.42 Å². The van der Waals surface area contributed by atoms with Gasteiger partial charge < -0.3 is 10.6 Å². The molecule has 0 saturated carbocycles. The van der Waals surface area contributed by atoms with E-state index in [1.807, 2.05) is 11.9 Å². The minimum Gasteiger partial charge on any atom is -0.341 e. The van der Waals surface area contributed by atoms with Gasteiger partial charge in [0, 0.05) is 19.1 Å². The summed E-state index contributed by atoms with van der Waals surface area (Å²) in [5.74, 6) is 0.255. The molecule has 0 aromatic rings. The van der Waals surface area contributed by atoms with Gasteiger partial charge in [0.15, 0.2) is 0 Å². The SMILES string of the molecule is CCCCN(C)CC(=O)N1CCC(N)CC1. The predicted molar refractivity (Wildman–Crippen MR) is 66.2 cm³/mol. The topological polar surface area (TPSA) is 49.6 Å². The quantitative estimate of drug-likeness (QED) is 0.751. The van der Waals surface area contributed by atoms with E-state index < -0.39 is 0 Å². The van der Waals surface area contributed by atoms with Gasteiger partial charge in [-0.1, -0.05) is 13.3 Å². The van der Waals surface area contributed by atoms with Crippen molar-refractivity contribution in [3.63, 3.8) is 0 Å². The third kappa shape index (κ3) is 4.49. The number of nitrogens with two attached hydrogens (primary N) is 1. The summed E-state index contributed by atoms with van der Waals surface area (Å²) in [5, 5.41) is 0. The zero-order chi connectivity index (χ0) is 12.0. The van der Waals surface area contributed by atoms with E-state index in [-0.39, 0.29) is 5.91 Å².